The van der Waals surface area contributed by atoms with E-state index in [0.29, 0.717) is 0 Å². The smallest absolute Gasteiger partial charge is 0.205 e. The Kier molecular flexibility index (Phi) is 4.78. The first kappa shape index (κ1) is 9.32. The van der Waals surface area contributed by atoms with Gasteiger partial charge in [0.1, 0.15) is 5.01 Å². The van der Waals surface area contributed by atoms with Gasteiger partial charge in [0.05, 0.1) is 0 Å². The molecule has 0 bridgehead atoms. The molecule has 0 amide bonds. The maximum absolute atomic E-state index is 4.50. The van der Waals surface area contributed by atoms with Gasteiger partial charge in [0.2, 0.25) is 5.13 Å². The Bertz CT molecular complexity index is 174. The van der Waals surface area contributed by atoms with Gasteiger partial charge in [0.25, 0.3) is 0 Å². The summed E-state index contributed by atoms with van der Waals surface area (Å²) in [7, 11) is 3.33. The summed E-state index contributed by atoms with van der Waals surface area (Å²) < 4.78 is 0. The molecule has 0 aliphatic heterocycles. The molecule has 10 heavy (non-hydrogen) atoms. The summed E-state index contributed by atoms with van der Waals surface area (Å²) in [4.78, 5) is 0. The standard InChI is InChI=1S/C4H7N3S.CH5N/c1-3-6-7-4(5-2)8-3;1-2/h1-2H3,(H,5,7);2H2,1H3. The average molecular weight is 160 g/mol. The van der Waals surface area contributed by atoms with Gasteiger partial charge < -0.3 is 11.1 Å². The summed E-state index contributed by atoms with van der Waals surface area (Å²) in [6.45, 7) is 1.93. The van der Waals surface area contributed by atoms with Crippen molar-refractivity contribution in [3.63, 3.8) is 0 Å². The lowest BCUT2D eigenvalue weighted by molar-refractivity contribution is 1.05. The summed E-state index contributed by atoms with van der Waals surface area (Å²) in [6, 6.07) is 0. The van der Waals surface area contributed by atoms with E-state index in [0.717, 1.165) is 10.1 Å². The first-order valence-corrected chi connectivity index (χ1v) is 3.70. The van der Waals surface area contributed by atoms with Crippen molar-refractivity contribution in [2.24, 2.45) is 5.73 Å². The number of nitrogens with two attached hydrogens (primary N) is 1. The summed E-state index contributed by atoms with van der Waals surface area (Å²) in [5.41, 5.74) is 4.50. The molecule has 1 heterocycles. The third-order valence-electron chi connectivity index (χ3n) is 0.740. The van der Waals surface area contributed by atoms with Crippen LogP contribution in [0.3, 0.4) is 0 Å². The highest BCUT2D eigenvalue weighted by Gasteiger charge is 1.92. The molecule has 0 fully saturated rings. The molecular formula is C5H12N4S. The fraction of sp³-hybridized carbons (Fsp3) is 0.600. The Morgan fingerprint density at radius 3 is 2.20 bits per heavy atom. The highest BCUT2D eigenvalue weighted by molar-refractivity contribution is 7.15. The van der Waals surface area contributed by atoms with E-state index in [1.807, 2.05) is 14.0 Å². The molecule has 0 aliphatic carbocycles. The Hall–Kier alpha value is -0.680. The predicted molar refractivity (Wildman–Crippen MR) is 44.3 cm³/mol. The second-order valence-electron chi connectivity index (χ2n) is 1.38. The van der Waals surface area contributed by atoms with Crippen molar-refractivity contribution < 1.29 is 0 Å². The maximum Gasteiger partial charge on any atom is 0.205 e. The molecule has 0 spiro atoms. The van der Waals surface area contributed by atoms with E-state index < -0.39 is 0 Å². The van der Waals surface area contributed by atoms with Gasteiger partial charge in [-0.1, -0.05) is 11.3 Å². The number of nitrogens with one attached hydrogen (secondary N) is 1. The Balaban J connectivity index is 0.000000371. The summed E-state index contributed by atoms with van der Waals surface area (Å²) in [6.07, 6.45) is 0. The fourth-order valence-corrected chi connectivity index (χ4v) is 0.943. The largest absolute Gasteiger partial charge is 0.363 e. The lowest BCUT2D eigenvalue weighted by Gasteiger charge is -1.82. The lowest BCUT2D eigenvalue weighted by Crippen LogP contribution is -1.84. The minimum absolute atomic E-state index is 0.877. The second kappa shape index (κ2) is 5.13. The zero-order chi connectivity index (χ0) is 7.98. The van der Waals surface area contributed by atoms with Gasteiger partial charge in [-0.25, -0.2) is 0 Å². The van der Waals surface area contributed by atoms with Crippen LogP contribution >= 0.6 is 11.3 Å². The number of anilines is 1. The van der Waals surface area contributed by atoms with E-state index >= 15 is 0 Å². The molecule has 3 N–H and O–H groups in total. The highest BCUT2D eigenvalue weighted by Crippen LogP contribution is 2.11. The minimum atomic E-state index is 0.877. The molecular weight excluding hydrogens is 148 g/mol. The van der Waals surface area contributed by atoms with Crippen LogP contribution in [0.2, 0.25) is 0 Å². The number of nitrogens with zero attached hydrogens (tertiary/aromatic N) is 2. The van der Waals surface area contributed by atoms with E-state index in [2.05, 4.69) is 21.2 Å². The van der Waals surface area contributed by atoms with Crippen LogP contribution in [0.25, 0.3) is 0 Å². The molecule has 1 aromatic heterocycles. The van der Waals surface area contributed by atoms with Crippen molar-refractivity contribution in [3.8, 4) is 0 Å². The van der Waals surface area contributed by atoms with Crippen LogP contribution in [0.15, 0.2) is 0 Å². The number of aryl methyl sites for hydroxylation is 1. The number of hydrogen-bond acceptors (Lipinski definition) is 5. The zero-order valence-corrected chi connectivity index (χ0v) is 7.20. The van der Waals surface area contributed by atoms with Crippen LogP contribution in [-0.4, -0.2) is 24.3 Å². The van der Waals surface area contributed by atoms with Gasteiger partial charge in [-0.05, 0) is 14.0 Å². The molecule has 0 radical (unpaired) electrons. The first-order valence-electron chi connectivity index (χ1n) is 2.88. The summed E-state index contributed by atoms with van der Waals surface area (Å²) in [5, 5.41) is 12.3. The quantitative estimate of drug-likeness (QED) is 0.626. The number of hydrogen-bond donors (Lipinski definition) is 2. The van der Waals surface area contributed by atoms with Crippen molar-refractivity contribution in [3.05, 3.63) is 5.01 Å². The number of rotatable bonds is 1. The van der Waals surface area contributed by atoms with E-state index in [9.17, 15) is 0 Å². The van der Waals surface area contributed by atoms with Crippen LogP contribution in [0.1, 0.15) is 5.01 Å². The summed E-state index contributed by atoms with van der Waals surface area (Å²) in [5.74, 6) is 0. The fourth-order valence-electron chi connectivity index (χ4n) is 0.398. The minimum Gasteiger partial charge on any atom is -0.363 e. The van der Waals surface area contributed by atoms with Crippen molar-refractivity contribution in [1.82, 2.24) is 10.2 Å². The summed E-state index contributed by atoms with van der Waals surface area (Å²) >= 11 is 1.55. The molecule has 4 nitrogen and oxygen atoms in total. The lowest BCUT2D eigenvalue weighted by atomic mass is 10.9. The molecule has 1 rings (SSSR count). The van der Waals surface area contributed by atoms with Crippen molar-refractivity contribution in [2.75, 3.05) is 19.4 Å². The maximum atomic E-state index is 4.50. The van der Waals surface area contributed by atoms with E-state index in [1.165, 1.54) is 7.05 Å². The normalized spacial score (nSPS) is 8.00. The van der Waals surface area contributed by atoms with Gasteiger partial charge in [-0.2, -0.15) is 0 Å². The average Bonchev–Trinajstić information content (AvgIpc) is 2.40. The Morgan fingerprint density at radius 1 is 1.40 bits per heavy atom. The van der Waals surface area contributed by atoms with Gasteiger partial charge in [-0.15, -0.1) is 10.2 Å². The molecule has 1 aromatic rings. The van der Waals surface area contributed by atoms with Gasteiger partial charge >= 0.3 is 0 Å². The third-order valence-corrected chi connectivity index (χ3v) is 1.60. The van der Waals surface area contributed by atoms with Crippen molar-refractivity contribution >= 4 is 16.5 Å². The van der Waals surface area contributed by atoms with Gasteiger partial charge in [0, 0.05) is 7.05 Å². The SMILES string of the molecule is CN.CNc1nnc(C)s1. The topological polar surface area (TPSA) is 63.8 Å². The van der Waals surface area contributed by atoms with Gasteiger partial charge in [0.15, 0.2) is 0 Å². The van der Waals surface area contributed by atoms with E-state index in [1.54, 1.807) is 11.3 Å². The molecule has 0 saturated heterocycles. The van der Waals surface area contributed by atoms with Crippen LogP contribution < -0.4 is 11.1 Å². The molecule has 0 atom stereocenters. The molecule has 0 saturated carbocycles. The third kappa shape index (κ3) is 2.75. The monoisotopic (exact) mass is 160 g/mol. The van der Waals surface area contributed by atoms with Crippen molar-refractivity contribution in [1.29, 1.82) is 0 Å². The van der Waals surface area contributed by atoms with Gasteiger partial charge in [-0.3, -0.25) is 0 Å². The van der Waals surface area contributed by atoms with Crippen LogP contribution in [0, 0.1) is 6.92 Å². The van der Waals surface area contributed by atoms with Crippen LogP contribution in [-0.2, 0) is 0 Å². The molecule has 0 unspecified atom stereocenters. The number of aromatic nitrogens is 2. The highest BCUT2D eigenvalue weighted by atomic mass is 32.1. The Labute approximate surface area is 64.5 Å². The molecule has 58 valence electrons. The molecule has 5 heteroatoms. The predicted octanol–water partition coefficient (Wildman–Crippen LogP) is 0.463. The van der Waals surface area contributed by atoms with E-state index in [4.69, 9.17) is 0 Å². The first-order chi connectivity index (χ1) is 4.83. The van der Waals surface area contributed by atoms with Crippen LogP contribution in [0.5, 0.6) is 0 Å². The Morgan fingerprint density at radius 2 is 2.00 bits per heavy atom. The molecule has 0 aromatic carbocycles. The molecule has 0 aliphatic rings. The van der Waals surface area contributed by atoms with E-state index in [-0.39, 0.29) is 0 Å². The second-order valence-corrected chi connectivity index (χ2v) is 2.56. The van der Waals surface area contributed by atoms with Crippen LogP contribution in [0.4, 0.5) is 5.13 Å². The van der Waals surface area contributed by atoms with Crippen molar-refractivity contribution in [2.45, 2.75) is 6.92 Å². The zero-order valence-electron chi connectivity index (χ0n) is 6.38.